The van der Waals surface area contributed by atoms with Crippen LogP contribution in [0.3, 0.4) is 0 Å². The van der Waals surface area contributed by atoms with Gasteiger partial charge in [0.25, 0.3) is 0 Å². The molecule has 0 amide bonds. The molecule has 0 aromatic heterocycles. The number of rotatable bonds is 4. The lowest BCUT2D eigenvalue weighted by molar-refractivity contribution is 0.468. The zero-order valence-corrected chi connectivity index (χ0v) is 11.5. The zero-order valence-electron chi connectivity index (χ0n) is 10.7. The van der Waals surface area contributed by atoms with Crippen molar-refractivity contribution in [2.75, 3.05) is 19.3 Å². The Morgan fingerprint density at radius 1 is 1.28 bits per heavy atom. The maximum absolute atomic E-state index is 11.6. The van der Waals surface area contributed by atoms with Crippen molar-refractivity contribution < 1.29 is 8.42 Å². The van der Waals surface area contributed by atoms with Crippen molar-refractivity contribution in [2.24, 2.45) is 5.73 Å². The SMILES string of the molecule is CCS(=O)(=O)N(C)Cc1ccc(C#CCN)cc1. The first-order valence-electron chi connectivity index (χ1n) is 5.71. The Bertz CT molecular complexity index is 539. The minimum atomic E-state index is -3.13. The highest BCUT2D eigenvalue weighted by atomic mass is 32.2. The van der Waals surface area contributed by atoms with Gasteiger partial charge < -0.3 is 5.73 Å². The van der Waals surface area contributed by atoms with Gasteiger partial charge in [-0.15, -0.1) is 0 Å². The Kier molecular flexibility index (Phi) is 5.35. The van der Waals surface area contributed by atoms with E-state index in [-0.39, 0.29) is 5.75 Å². The predicted molar refractivity (Wildman–Crippen MR) is 73.3 cm³/mol. The van der Waals surface area contributed by atoms with Crippen LogP contribution in [0.15, 0.2) is 24.3 Å². The molecule has 0 heterocycles. The Balaban J connectivity index is 2.75. The highest BCUT2D eigenvalue weighted by molar-refractivity contribution is 7.89. The highest BCUT2D eigenvalue weighted by Crippen LogP contribution is 2.09. The second kappa shape index (κ2) is 6.55. The summed E-state index contributed by atoms with van der Waals surface area (Å²) in [6.07, 6.45) is 0. The van der Waals surface area contributed by atoms with Crippen molar-refractivity contribution >= 4 is 10.0 Å². The molecule has 2 N–H and O–H groups in total. The third-order valence-electron chi connectivity index (χ3n) is 2.53. The van der Waals surface area contributed by atoms with E-state index >= 15 is 0 Å². The molecule has 0 aliphatic rings. The fraction of sp³-hybridized carbons (Fsp3) is 0.385. The largest absolute Gasteiger partial charge is 0.320 e. The Morgan fingerprint density at radius 2 is 1.89 bits per heavy atom. The maximum Gasteiger partial charge on any atom is 0.213 e. The molecule has 98 valence electrons. The maximum atomic E-state index is 11.6. The summed E-state index contributed by atoms with van der Waals surface area (Å²) in [4.78, 5) is 0. The summed E-state index contributed by atoms with van der Waals surface area (Å²) in [6, 6.07) is 7.49. The fourth-order valence-corrected chi connectivity index (χ4v) is 2.21. The van der Waals surface area contributed by atoms with Crippen LogP contribution in [0.2, 0.25) is 0 Å². The smallest absolute Gasteiger partial charge is 0.213 e. The third kappa shape index (κ3) is 4.15. The number of hydrogen-bond acceptors (Lipinski definition) is 3. The van der Waals surface area contributed by atoms with Gasteiger partial charge in [-0.2, -0.15) is 0 Å². The Morgan fingerprint density at radius 3 is 2.39 bits per heavy atom. The molecule has 0 unspecified atom stereocenters. The number of nitrogens with zero attached hydrogens (tertiary/aromatic N) is 1. The molecule has 0 saturated heterocycles. The lowest BCUT2D eigenvalue weighted by Gasteiger charge is -2.15. The molecule has 0 saturated carbocycles. The van der Waals surface area contributed by atoms with Crippen LogP contribution >= 0.6 is 0 Å². The van der Waals surface area contributed by atoms with Crippen molar-refractivity contribution in [3.63, 3.8) is 0 Å². The first kappa shape index (κ1) is 14.7. The molecule has 4 nitrogen and oxygen atoms in total. The molecule has 18 heavy (non-hydrogen) atoms. The molecule has 0 aliphatic carbocycles. The van der Waals surface area contributed by atoms with E-state index in [1.54, 1.807) is 14.0 Å². The van der Waals surface area contributed by atoms with Gasteiger partial charge in [-0.3, -0.25) is 0 Å². The third-order valence-corrected chi connectivity index (χ3v) is 4.34. The average Bonchev–Trinajstić information content (AvgIpc) is 2.37. The lowest BCUT2D eigenvalue weighted by Crippen LogP contribution is -2.27. The topological polar surface area (TPSA) is 63.4 Å². The van der Waals surface area contributed by atoms with E-state index in [2.05, 4.69) is 11.8 Å². The molecule has 5 heteroatoms. The van der Waals surface area contributed by atoms with Crippen LogP contribution in [0, 0.1) is 11.8 Å². The molecule has 0 bridgehead atoms. The van der Waals surface area contributed by atoms with Crippen molar-refractivity contribution in [2.45, 2.75) is 13.5 Å². The van der Waals surface area contributed by atoms with Crippen molar-refractivity contribution in [1.82, 2.24) is 4.31 Å². The zero-order chi connectivity index (χ0) is 13.6. The van der Waals surface area contributed by atoms with E-state index in [1.165, 1.54) is 4.31 Å². The summed E-state index contributed by atoms with van der Waals surface area (Å²) in [5.74, 6) is 5.80. The van der Waals surface area contributed by atoms with E-state index in [1.807, 2.05) is 24.3 Å². The van der Waals surface area contributed by atoms with E-state index in [4.69, 9.17) is 5.73 Å². The molecule has 0 radical (unpaired) electrons. The number of hydrogen-bond donors (Lipinski definition) is 1. The summed E-state index contributed by atoms with van der Waals surface area (Å²) in [5, 5.41) is 0. The van der Waals surface area contributed by atoms with Crippen LogP contribution in [0.4, 0.5) is 0 Å². The highest BCUT2D eigenvalue weighted by Gasteiger charge is 2.14. The summed E-state index contributed by atoms with van der Waals surface area (Å²) < 4.78 is 24.6. The van der Waals surface area contributed by atoms with E-state index < -0.39 is 10.0 Å². The van der Waals surface area contributed by atoms with Crippen LogP contribution in [0.25, 0.3) is 0 Å². The molecule has 0 spiro atoms. The van der Waals surface area contributed by atoms with Gasteiger partial charge in [0.15, 0.2) is 0 Å². The van der Waals surface area contributed by atoms with Crippen LogP contribution < -0.4 is 5.73 Å². The monoisotopic (exact) mass is 266 g/mol. The molecule has 0 fully saturated rings. The van der Waals surface area contributed by atoms with Gasteiger partial charge in [0.05, 0.1) is 12.3 Å². The van der Waals surface area contributed by atoms with Gasteiger partial charge in [0.1, 0.15) is 0 Å². The lowest BCUT2D eigenvalue weighted by atomic mass is 10.1. The summed E-state index contributed by atoms with van der Waals surface area (Å²) in [6.45, 7) is 2.34. The van der Waals surface area contributed by atoms with E-state index in [0.29, 0.717) is 13.1 Å². The summed E-state index contributed by atoms with van der Waals surface area (Å²) >= 11 is 0. The molecule has 0 aliphatic heterocycles. The predicted octanol–water partition coefficient (Wildman–Crippen LogP) is 0.778. The molecular formula is C13H18N2O2S. The van der Waals surface area contributed by atoms with E-state index in [9.17, 15) is 8.42 Å². The Hall–Kier alpha value is -1.35. The summed E-state index contributed by atoms with van der Waals surface area (Å²) in [7, 11) is -1.55. The second-order valence-corrected chi connectivity index (χ2v) is 6.22. The number of sulfonamides is 1. The molecule has 1 rings (SSSR count). The molecule has 0 atom stereocenters. The quantitative estimate of drug-likeness (QED) is 0.819. The van der Waals surface area contributed by atoms with Gasteiger partial charge in [0, 0.05) is 19.2 Å². The van der Waals surface area contributed by atoms with E-state index in [0.717, 1.165) is 11.1 Å². The first-order valence-corrected chi connectivity index (χ1v) is 7.32. The summed E-state index contributed by atoms with van der Waals surface area (Å²) in [5.41, 5.74) is 7.11. The first-order chi connectivity index (χ1) is 8.49. The van der Waals surface area contributed by atoms with Crippen molar-refractivity contribution in [3.8, 4) is 11.8 Å². The minimum absolute atomic E-state index is 0.115. The molecule has 1 aromatic rings. The van der Waals surface area contributed by atoms with Gasteiger partial charge in [-0.25, -0.2) is 12.7 Å². The van der Waals surface area contributed by atoms with Crippen LogP contribution in [0.1, 0.15) is 18.1 Å². The number of nitrogens with two attached hydrogens (primary N) is 1. The second-order valence-electron chi connectivity index (χ2n) is 3.86. The van der Waals surface area contributed by atoms with Gasteiger partial charge in [-0.05, 0) is 24.6 Å². The number of benzene rings is 1. The standard InChI is InChI=1S/C13H18N2O2S/c1-3-18(16,17)15(2)11-13-8-6-12(7-9-13)5-4-10-14/h6-9H,3,10-11,14H2,1-2H3. The van der Waals surface area contributed by atoms with Gasteiger partial charge >= 0.3 is 0 Å². The Labute approximate surface area is 109 Å². The molecule has 1 aromatic carbocycles. The van der Waals surface area contributed by atoms with Crippen molar-refractivity contribution in [1.29, 1.82) is 0 Å². The van der Waals surface area contributed by atoms with Crippen LogP contribution in [0.5, 0.6) is 0 Å². The molecular weight excluding hydrogens is 248 g/mol. The van der Waals surface area contributed by atoms with Crippen LogP contribution in [-0.4, -0.2) is 32.1 Å². The van der Waals surface area contributed by atoms with Crippen molar-refractivity contribution in [3.05, 3.63) is 35.4 Å². The van der Waals surface area contributed by atoms with Crippen LogP contribution in [-0.2, 0) is 16.6 Å². The normalized spacial score (nSPS) is 11.1. The average molecular weight is 266 g/mol. The fourth-order valence-electron chi connectivity index (χ4n) is 1.42. The minimum Gasteiger partial charge on any atom is -0.320 e. The van der Waals surface area contributed by atoms with Gasteiger partial charge in [0.2, 0.25) is 10.0 Å². The van der Waals surface area contributed by atoms with Gasteiger partial charge in [-0.1, -0.05) is 24.0 Å².